The molecule has 0 aliphatic rings. The van der Waals surface area contributed by atoms with Gasteiger partial charge in [-0.05, 0) is 17.9 Å². The van der Waals surface area contributed by atoms with Gasteiger partial charge >= 0.3 is 13.7 Å². The van der Waals surface area contributed by atoms with Gasteiger partial charge in [-0.15, -0.1) is 0 Å². The lowest BCUT2D eigenvalue weighted by Gasteiger charge is -2.22. The van der Waals surface area contributed by atoms with E-state index < -0.39 is 31.5 Å². The summed E-state index contributed by atoms with van der Waals surface area (Å²) in [7, 11) is -1.38. The Morgan fingerprint density at radius 2 is 1.71 bits per heavy atom. The van der Waals surface area contributed by atoms with Gasteiger partial charge in [0.2, 0.25) is 11.8 Å². The summed E-state index contributed by atoms with van der Waals surface area (Å²) in [5.74, 6) is -1.16. The van der Waals surface area contributed by atoms with Crippen molar-refractivity contribution >= 4 is 25.5 Å². The van der Waals surface area contributed by atoms with Crippen LogP contribution in [0.2, 0.25) is 0 Å². The molecule has 0 aliphatic heterocycles. The average molecular weight is 455 g/mol. The van der Waals surface area contributed by atoms with Crippen LogP contribution in [-0.4, -0.2) is 44.7 Å². The first-order chi connectivity index (χ1) is 14.6. The molecule has 1 rings (SSSR count). The minimum Gasteiger partial charge on any atom is -0.445 e. The van der Waals surface area contributed by atoms with Gasteiger partial charge in [-0.3, -0.25) is 14.2 Å². The molecule has 3 N–H and O–H groups in total. The van der Waals surface area contributed by atoms with Gasteiger partial charge in [0, 0.05) is 14.2 Å². The Kier molecular flexibility index (Phi) is 11.0. The van der Waals surface area contributed by atoms with Crippen molar-refractivity contribution in [3.8, 4) is 0 Å². The fourth-order valence-corrected chi connectivity index (χ4v) is 3.30. The van der Waals surface area contributed by atoms with E-state index in [1.54, 1.807) is 12.1 Å². The third-order valence-corrected chi connectivity index (χ3v) is 5.78. The third kappa shape index (κ3) is 9.33. The highest BCUT2D eigenvalue weighted by molar-refractivity contribution is 7.58. The Morgan fingerprint density at radius 1 is 1.10 bits per heavy atom. The maximum Gasteiger partial charge on any atom is 0.407 e. The second-order valence-corrected chi connectivity index (χ2v) is 9.23. The summed E-state index contributed by atoms with van der Waals surface area (Å²) < 4.78 is 26.9. The normalized spacial score (nSPS) is 12.0. The zero-order chi connectivity index (χ0) is 23.4. The Bertz CT molecular complexity index is 806. The molecule has 0 fully saturated rings. The summed E-state index contributed by atoms with van der Waals surface area (Å²) in [6, 6.07) is 8.13. The third-order valence-electron chi connectivity index (χ3n) is 4.04. The van der Waals surface area contributed by atoms with Crippen LogP contribution in [0, 0.1) is 5.92 Å². The number of alkyl carbamates (subject to hydrolysis) is 1. The van der Waals surface area contributed by atoms with E-state index in [0.29, 0.717) is 6.42 Å². The van der Waals surface area contributed by atoms with Crippen LogP contribution in [0.4, 0.5) is 4.79 Å². The fraction of sp³-hybridized carbons (Fsp3) is 0.450. The number of carbonyl (C=O) groups excluding carboxylic acids is 3. The van der Waals surface area contributed by atoms with Crippen molar-refractivity contribution in [2.45, 2.75) is 32.9 Å². The minimum atomic E-state index is -3.71. The number of amides is 3. The van der Waals surface area contributed by atoms with Crippen LogP contribution in [-0.2, 0) is 34.5 Å². The summed E-state index contributed by atoms with van der Waals surface area (Å²) in [6.07, 6.45) is -0.466. The molecule has 0 bridgehead atoms. The molecule has 1 aromatic rings. The number of ether oxygens (including phenoxy) is 1. The van der Waals surface area contributed by atoms with E-state index in [1.165, 1.54) is 0 Å². The molecule has 172 valence electrons. The van der Waals surface area contributed by atoms with Crippen LogP contribution < -0.4 is 16.0 Å². The van der Waals surface area contributed by atoms with Gasteiger partial charge in [0.25, 0.3) is 0 Å². The average Bonchev–Trinajstić information content (AvgIpc) is 2.75. The predicted molar refractivity (Wildman–Crippen MR) is 115 cm³/mol. The first kappa shape index (κ1) is 26.4. The predicted octanol–water partition coefficient (Wildman–Crippen LogP) is 2.52. The molecular formula is C20H30N3O7P. The highest BCUT2D eigenvalue weighted by Crippen LogP contribution is 2.52. The molecule has 31 heavy (non-hydrogen) atoms. The molecule has 0 unspecified atom stereocenters. The van der Waals surface area contributed by atoms with Crippen molar-refractivity contribution in [2.24, 2.45) is 5.92 Å². The number of benzene rings is 1. The highest BCUT2D eigenvalue weighted by atomic mass is 31.2. The summed E-state index contributed by atoms with van der Waals surface area (Å²) in [5, 5.41) is 7.23. The number of carbonyl (C=O) groups is 3. The van der Waals surface area contributed by atoms with Gasteiger partial charge in [-0.25, -0.2) is 4.79 Å². The lowest BCUT2D eigenvalue weighted by atomic mass is 10.0. The minimum absolute atomic E-state index is 0.0600. The number of hydrogen-bond acceptors (Lipinski definition) is 7. The molecule has 0 saturated heterocycles. The largest absolute Gasteiger partial charge is 0.445 e. The van der Waals surface area contributed by atoms with Gasteiger partial charge < -0.3 is 29.7 Å². The second kappa shape index (κ2) is 12.9. The van der Waals surface area contributed by atoms with Gasteiger partial charge in [0.15, 0.2) is 0 Å². The van der Waals surface area contributed by atoms with Crippen LogP contribution in [0.15, 0.2) is 42.3 Å². The van der Waals surface area contributed by atoms with E-state index in [0.717, 1.165) is 19.8 Å². The monoisotopic (exact) mass is 455 g/mol. The molecule has 0 saturated carbocycles. The maximum atomic E-state index is 12.6. The SMILES string of the molecule is C=C(NC(=O)[C@H](CC(C)C)NC(=O)CNC(=O)OCc1ccccc1)P(=O)(OC)OC. The molecule has 1 aromatic carbocycles. The maximum absolute atomic E-state index is 12.6. The quantitative estimate of drug-likeness (QED) is 0.413. The molecule has 0 aromatic heterocycles. The topological polar surface area (TPSA) is 132 Å². The molecule has 11 heteroatoms. The number of rotatable bonds is 12. The van der Waals surface area contributed by atoms with Crippen LogP contribution >= 0.6 is 7.60 Å². The van der Waals surface area contributed by atoms with Gasteiger partial charge in [0.05, 0.1) is 0 Å². The van der Waals surface area contributed by atoms with Crippen molar-refractivity contribution in [2.75, 3.05) is 20.8 Å². The van der Waals surface area contributed by atoms with E-state index >= 15 is 0 Å². The summed E-state index contributed by atoms with van der Waals surface area (Å²) in [5.41, 5.74) is 0.563. The Hall–Kier alpha value is -2.68. The second-order valence-electron chi connectivity index (χ2n) is 6.96. The van der Waals surface area contributed by atoms with E-state index in [-0.39, 0.29) is 24.5 Å². The van der Waals surface area contributed by atoms with Crippen LogP contribution in [0.1, 0.15) is 25.8 Å². The van der Waals surface area contributed by atoms with Gasteiger partial charge in [-0.1, -0.05) is 50.8 Å². The van der Waals surface area contributed by atoms with E-state index in [4.69, 9.17) is 13.8 Å². The lowest BCUT2D eigenvalue weighted by Crippen LogP contribution is -2.49. The Labute approximate surface area is 182 Å². The van der Waals surface area contributed by atoms with E-state index in [1.807, 2.05) is 32.0 Å². The molecule has 10 nitrogen and oxygen atoms in total. The summed E-state index contributed by atoms with van der Waals surface area (Å²) >= 11 is 0. The Morgan fingerprint density at radius 3 is 2.26 bits per heavy atom. The van der Waals surface area contributed by atoms with Crippen molar-refractivity contribution in [1.29, 1.82) is 0 Å². The molecule has 0 radical (unpaired) electrons. The van der Waals surface area contributed by atoms with Crippen LogP contribution in [0.5, 0.6) is 0 Å². The molecule has 1 atom stereocenters. The van der Waals surface area contributed by atoms with E-state index in [2.05, 4.69) is 22.5 Å². The molecule has 3 amide bonds. The first-order valence-electron chi connectivity index (χ1n) is 9.57. The van der Waals surface area contributed by atoms with Gasteiger partial charge in [-0.2, -0.15) is 0 Å². The molecular weight excluding hydrogens is 425 g/mol. The standard InChI is InChI=1S/C20H30N3O7P/c1-14(2)11-17(19(25)22-15(3)31(27,28-4)29-5)23-18(24)12-21-20(26)30-13-16-9-7-6-8-10-16/h6-10,14,17H,3,11-13H2,1-2,4-5H3,(H,21,26)(H,22,25)(H,23,24)/t17-/m0/s1. The van der Waals surface area contributed by atoms with Crippen LogP contribution in [0.3, 0.4) is 0 Å². The van der Waals surface area contributed by atoms with E-state index in [9.17, 15) is 18.9 Å². The smallest absolute Gasteiger partial charge is 0.407 e. The van der Waals surface area contributed by atoms with Crippen LogP contribution in [0.25, 0.3) is 0 Å². The lowest BCUT2D eigenvalue weighted by molar-refractivity contribution is -0.128. The first-order valence-corrected chi connectivity index (χ1v) is 11.1. The van der Waals surface area contributed by atoms with Crippen molar-refractivity contribution in [3.05, 3.63) is 47.9 Å². The summed E-state index contributed by atoms with van der Waals surface area (Å²) in [6.45, 7) is 6.94. The highest BCUT2D eigenvalue weighted by Gasteiger charge is 2.30. The molecule has 0 aliphatic carbocycles. The molecule has 0 spiro atoms. The van der Waals surface area contributed by atoms with Crippen molar-refractivity contribution in [3.63, 3.8) is 0 Å². The number of hydrogen-bond donors (Lipinski definition) is 3. The Balaban J connectivity index is 2.58. The summed E-state index contributed by atoms with van der Waals surface area (Å²) in [4.78, 5) is 36.6. The van der Waals surface area contributed by atoms with Crippen molar-refractivity contribution in [1.82, 2.24) is 16.0 Å². The zero-order valence-corrected chi connectivity index (χ0v) is 19.1. The molecule has 0 heterocycles. The van der Waals surface area contributed by atoms with Crippen molar-refractivity contribution < 1.29 is 32.7 Å². The fourth-order valence-electron chi connectivity index (χ4n) is 2.47. The number of nitrogens with one attached hydrogen (secondary N) is 3. The zero-order valence-electron chi connectivity index (χ0n) is 18.2. The van der Waals surface area contributed by atoms with Gasteiger partial charge in [0.1, 0.15) is 24.6 Å².